The maximum Gasteiger partial charge on any atom is 0.258 e. The van der Waals surface area contributed by atoms with Crippen molar-refractivity contribution < 1.29 is 4.52 Å². The van der Waals surface area contributed by atoms with Crippen LogP contribution in [0.2, 0.25) is 0 Å². The molecule has 2 aromatic rings. The van der Waals surface area contributed by atoms with Gasteiger partial charge in [-0.2, -0.15) is 16.7 Å². The topological polar surface area (TPSA) is 64.9 Å². The summed E-state index contributed by atoms with van der Waals surface area (Å²) in [5, 5.41) is 5.78. The van der Waals surface area contributed by atoms with Crippen LogP contribution < -0.4 is 5.73 Å². The standard InChI is InChI=1S/C15H19N3OS2/c1-8-6-11(16)4-5-12(8)15-17-14(18-19-15)13-7-20-9(2)10(3)21-13/h4-6,9-10,13H,7,16H2,1-3H3. The molecule has 1 aliphatic heterocycles. The first-order chi connectivity index (χ1) is 10.0. The Morgan fingerprint density at radius 1 is 1.29 bits per heavy atom. The van der Waals surface area contributed by atoms with E-state index in [9.17, 15) is 0 Å². The first kappa shape index (κ1) is 14.8. The lowest BCUT2D eigenvalue weighted by atomic mass is 10.1. The second kappa shape index (κ2) is 5.93. The largest absolute Gasteiger partial charge is 0.399 e. The molecule has 3 atom stereocenters. The van der Waals surface area contributed by atoms with E-state index >= 15 is 0 Å². The van der Waals surface area contributed by atoms with Crippen LogP contribution in [-0.4, -0.2) is 26.4 Å². The van der Waals surface area contributed by atoms with Crippen LogP contribution in [0, 0.1) is 6.92 Å². The molecule has 2 N–H and O–H groups in total. The molecule has 1 aromatic heterocycles. The average Bonchev–Trinajstić information content (AvgIpc) is 2.91. The van der Waals surface area contributed by atoms with Crippen molar-refractivity contribution in [3.05, 3.63) is 29.6 Å². The van der Waals surface area contributed by atoms with E-state index in [1.54, 1.807) is 0 Å². The number of aryl methyl sites for hydroxylation is 1. The molecule has 3 rings (SSSR count). The molecule has 6 heteroatoms. The quantitative estimate of drug-likeness (QED) is 0.846. The first-order valence-corrected chi connectivity index (χ1v) is 9.01. The zero-order valence-corrected chi connectivity index (χ0v) is 14.0. The summed E-state index contributed by atoms with van der Waals surface area (Å²) in [7, 11) is 0. The van der Waals surface area contributed by atoms with Crippen LogP contribution in [0.25, 0.3) is 11.5 Å². The number of thioether (sulfide) groups is 2. The van der Waals surface area contributed by atoms with Gasteiger partial charge in [0.15, 0.2) is 5.82 Å². The van der Waals surface area contributed by atoms with Crippen molar-refractivity contribution in [2.45, 2.75) is 36.5 Å². The van der Waals surface area contributed by atoms with Crippen molar-refractivity contribution in [1.82, 2.24) is 10.1 Å². The fourth-order valence-corrected chi connectivity index (χ4v) is 5.15. The van der Waals surface area contributed by atoms with E-state index in [0.29, 0.717) is 21.6 Å². The molecule has 112 valence electrons. The lowest BCUT2D eigenvalue weighted by Crippen LogP contribution is -2.22. The van der Waals surface area contributed by atoms with Gasteiger partial charge in [0, 0.05) is 27.5 Å². The lowest BCUT2D eigenvalue weighted by Gasteiger charge is -2.29. The summed E-state index contributed by atoms with van der Waals surface area (Å²) in [5.41, 5.74) is 8.54. The zero-order valence-electron chi connectivity index (χ0n) is 12.4. The molecule has 3 unspecified atom stereocenters. The van der Waals surface area contributed by atoms with Crippen molar-refractivity contribution >= 4 is 29.2 Å². The summed E-state index contributed by atoms with van der Waals surface area (Å²) in [6, 6.07) is 5.73. The fraction of sp³-hybridized carbons (Fsp3) is 0.467. The molecule has 0 bridgehead atoms. The average molecular weight is 321 g/mol. The van der Waals surface area contributed by atoms with Crippen molar-refractivity contribution in [1.29, 1.82) is 0 Å². The van der Waals surface area contributed by atoms with Gasteiger partial charge in [-0.25, -0.2) is 0 Å². The van der Waals surface area contributed by atoms with Crippen LogP contribution in [0.15, 0.2) is 22.7 Å². The summed E-state index contributed by atoms with van der Waals surface area (Å²) in [4.78, 5) is 4.60. The molecule has 1 aromatic carbocycles. The second-order valence-corrected chi connectivity index (χ2v) is 8.40. The minimum Gasteiger partial charge on any atom is -0.399 e. The number of hydrogen-bond acceptors (Lipinski definition) is 6. The maximum absolute atomic E-state index is 5.78. The van der Waals surface area contributed by atoms with Crippen molar-refractivity contribution in [2.24, 2.45) is 0 Å². The summed E-state index contributed by atoms with van der Waals surface area (Å²) in [6.07, 6.45) is 0. The first-order valence-electron chi connectivity index (χ1n) is 7.01. The van der Waals surface area contributed by atoms with Gasteiger partial charge in [0.2, 0.25) is 0 Å². The van der Waals surface area contributed by atoms with Crippen molar-refractivity contribution in [3.63, 3.8) is 0 Å². The van der Waals surface area contributed by atoms with Gasteiger partial charge in [0.1, 0.15) is 0 Å². The lowest BCUT2D eigenvalue weighted by molar-refractivity contribution is 0.422. The number of benzene rings is 1. The van der Waals surface area contributed by atoms with E-state index < -0.39 is 0 Å². The molecule has 1 saturated heterocycles. The van der Waals surface area contributed by atoms with E-state index in [2.05, 4.69) is 24.0 Å². The summed E-state index contributed by atoms with van der Waals surface area (Å²) in [5.74, 6) is 2.42. The molecule has 1 aliphatic rings. The molecule has 21 heavy (non-hydrogen) atoms. The van der Waals surface area contributed by atoms with Gasteiger partial charge in [-0.1, -0.05) is 19.0 Å². The number of aromatic nitrogens is 2. The van der Waals surface area contributed by atoms with Crippen LogP contribution in [0.3, 0.4) is 0 Å². The van der Waals surface area contributed by atoms with Gasteiger partial charge in [-0.3, -0.25) is 0 Å². The molecular formula is C15H19N3OS2. The highest BCUT2D eigenvalue weighted by Gasteiger charge is 2.30. The minimum atomic E-state index is 0.313. The van der Waals surface area contributed by atoms with Crippen LogP contribution in [-0.2, 0) is 0 Å². The Morgan fingerprint density at radius 2 is 2.10 bits per heavy atom. The smallest absolute Gasteiger partial charge is 0.258 e. The van der Waals surface area contributed by atoms with E-state index in [1.165, 1.54) is 0 Å². The summed E-state index contributed by atoms with van der Waals surface area (Å²) >= 11 is 3.92. The fourth-order valence-electron chi connectivity index (χ4n) is 2.32. The predicted octanol–water partition coefficient (Wildman–Crippen LogP) is 3.93. The van der Waals surface area contributed by atoms with E-state index in [4.69, 9.17) is 10.3 Å². The summed E-state index contributed by atoms with van der Waals surface area (Å²) < 4.78 is 5.46. The number of hydrogen-bond donors (Lipinski definition) is 1. The van der Waals surface area contributed by atoms with Crippen LogP contribution in [0.5, 0.6) is 0 Å². The Hall–Kier alpha value is -1.14. The molecule has 0 aliphatic carbocycles. The third-order valence-corrected chi connectivity index (χ3v) is 7.15. The number of nitrogens with zero attached hydrogens (tertiary/aromatic N) is 2. The molecule has 0 amide bonds. The van der Waals surface area contributed by atoms with Gasteiger partial charge in [0.05, 0.1) is 5.25 Å². The molecular weight excluding hydrogens is 302 g/mol. The third kappa shape index (κ3) is 3.06. The molecule has 1 fully saturated rings. The highest BCUT2D eigenvalue weighted by atomic mass is 32.2. The molecule has 0 radical (unpaired) electrons. The molecule has 0 spiro atoms. The molecule has 0 saturated carbocycles. The van der Waals surface area contributed by atoms with Crippen LogP contribution >= 0.6 is 23.5 Å². The van der Waals surface area contributed by atoms with E-state index in [0.717, 1.165) is 28.4 Å². The third-order valence-electron chi connectivity index (χ3n) is 3.76. The van der Waals surface area contributed by atoms with E-state index in [-0.39, 0.29) is 0 Å². The van der Waals surface area contributed by atoms with Gasteiger partial charge in [0.25, 0.3) is 5.89 Å². The Morgan fingerprint density at radius 3 is 2.81 bits per heavy atom. The van der Waals surface area contributed by atoms with Gasteiger partial charge < -0.3 is 10.3 Å². The van der Waals surface area contributed by atoms with Crippen molar-refractivity contribution in [2.75, 3.05) is 11.5 Å². The van der Waals surface area contributed by atoms with E-state index in [1.807, 2.05) is 48.6 Å². The van der Waals surface area contributed by atoms with Crippen LogP contribution in [0.4, 0.5) is 5.69 Å². The Kier molecular flexibility index (Phi) is 4.17. The highest BCUT2D eigenvalue weighted by molar-refractivity contribution is 8.07. The summed E-state index contributed by atoms with van der Waals surface area (Å²) in [6.45, 7) is 6.54. The Balaban J connectivity index is 1.83. The highest BCUT2D eigenvalue weighted by Crippen LogP contribution is 2.43. The number of nitrogens with two attached hydrogens (primary N) is 1. The van der Waals surface area contributed by atoms with Gasteiger partial charge in [-0.15, -0.1) is 11.8 Å². The zero-order chi connectivity index (χ0) is 15.0. The number of nitrogen functional groups attached to an aromatic ring is 1. The second-order valence-electron chi connectivity index (χ2n) is 5.40. The van der Waals surface area contributed by atoms with Crippen molar-refractivity contribution in [3.8, 4) is 11.5 Å². The SMILES string of the molecule is Cc1cc(N)ccc1-c1nc(C2CSC(C)C(C)S2)no1. The predicted molar refractivity (Wildman–Crippen MR) is 90.6 cm³/mol. The van der Waals surface area contributed by atoms with Gasteiger partial charge >= 0.3 is 0 Å². The van der Waals surface area contributed by atoms with Crippen LogP contribution in [0.1, 0.15) is 30.5 Å². The van der Waals surface area contributed by atoms with Gasteiger partial charge in [-0.05, 0) is 30.7 Å². The molecule has 4 nitrogen and oxygen atoms in total. The Labute approximate surface area is 133 Å². The number of anilines is 1. The molecule has 2 heterocycles. The normalized spacial score (nSPS) is 26.0. The Bertz CT molecular complexity index is 644. The monoisotopic (exact) mass is 321 g/mol. The maximum atomic E-state index is 5.78. The minimum absolute atomic E-state index is 0.313. The number of rotatable bonds is 2.